The van der Waals surface area contributed by atoms with E-state index in [1.807, 2.05) is 0 Å². The molecule has 7 heteroatoms. The summed E-state index contributed by atoms with van der Waals surface area (Å²) in [6.45, 7) is 6.84. The van der Waals surface area contributed by atoms with E-state index >= 15 is 0 Å². The lowest BCUT2D eigenvalue weighted by molar-refractivity contribution is 0.183. The number of nitrogens with two attached hydrogens (primary N) is 1. The van der Waals surface area contributed by atoms with E-state index in [4.69, 9.17) is 5.73 Å². The van der Waals surface area contributed by atoms with Crippen LogP contribution in [0.1, 0.15) is 46.0 Å². The summed E-state index contributed by atoms with van der Waals surface area (Å²) in [4.78, 5) is 0. The summed E-state index contributed by atoms with van der Waals surface area (Å²) in [5, 5.41) is 0. The minimum absolute atomic E-state index is 0. The molecule has 0 bridgehead atoms. The van der Waals surface area contributed by atoms with Gasteiger partial charge in [-0.15, -0.1) is 12.4 Å². The molecule has 3 atom stereocenters. The van der Waals surface area contributed by atoms with E-state index in [-0.39, 0.29) is 18.4 Å². The van der Waals surface area contributed by atoms with Crippen LogP contribution in [0.3, 0.4) is 0 Å². The lowest BCUT2D eigenvalue weighted by Crippen LogP contribution is -2.54. The lowest BCUT2D eigenvalue weighted by Gasteiger charge is -2.41. The molecule has 0 spiro atoms. The highest BCUT2D eigenvalue weighted by Gasteiger charge is 2.38. The molecular weight excluding hydrogens is 310 g/mol. The van der Waals surface area contributed by atoms with Crippen molar-refractivity contribution in [3.8, 4) is 0 Å². The fourth-order valence-corrected chi connectivity index (χ4v) is 5.83. The SMILES string of the molecule is CC1CC(C)CN(S(=O)(=O)N2CCCCC2CCN)C1.Cl. The first-order valence-corrected chi connectivity index (χ1v) is 9.31. The van der Waals surface area contributed by atoms with Crippen LogP contribution < -0.4 is 5.73 Å². The van der Waals surface area contributed by atoms with Crippen LogP contribution in [0.15, 0.2) is 0 Å². The number of hydrogen-bond acceptors (Lipinski definition) is 3. The fraction of sp³-hybridized carbons (Fsp3) is 1.00. The van der Waals surface area contributed by atoms with Crippen LogP contribution in [-0.2, 0) is 10.2 Å². The van der Waals surface area contributed by atoms with E-state index < -0.39 is 10.2 Å². The molecule has 5 nitrogen and oxygen atoms in total. The van der Waals surface area contributed by atoms with Crippen molar-refractivity contribution in [3.63, 3.8) is 0 Å². The molecule has 3 unspecified atom stereocenters. The Hall–Kier alpha value is 0.120. The first kappa shape index (κ1) is 19.2. The predicted molar refractivity (Wildman–Crippen MR) is 88.7 cm³/mol. The first-order chi connectivity index (χ1) is 9.45. The fourth-order valence-electron chi connectivity index (χ4n) is 3.70. The van der Waals surface area contributed by atoms with Crippen LogP contribution in [0.5, 0.6) is 0 Å². The molecule has 0 saturated carbocycles. The maximum absolute atomic E-state index is 12.9. The van der Waals surface area contributed by atoms with E-state index in [1.54, 1.807) is 8.61 Å². The van der Waals surface area contributed by atoms with Crippen molar-refractivity contribution >= 4 is 22.6 Å². The van der Waals surface area contributed by atoms with Crippen LogP contribution in [0.25, 0.3) is 0 Å². The van der Waals surface area contributed by atoms with Crippen LogP contribution >= 0.6 is 12.4 Å². The van der Waals surface area contributed by atoms with Gasteiger partial charge in [0.2, 0.25) is 0 Å². The largest absolute Gasteiger partial charge is 0.330 e. The zero-order valence-corrected chi connectivity index (χ0v) is 14.8. The number of piperidine rings is 2. The van der Waals surface area contributed by atoms with Gasteiger partial charge in [-0.05, 0) is 44.1 Å². The van der Waals surface area contributed by atoms with Crippen LogP contribution in [-0.4, -0.2) is 49.2 Å². The van der Waals surface area contributed by atoms with Gasteiger partial charge in [-0.3, -0.25) is 0 Å². The van der Waals surface area contributed by atoms with Gasteiger partial charge in [0.05, 0.1) is 0 Å². The number of halogens is 1. The Balaban J connectivity index is 0.00000220. The van der Waals surface area contributed by atoms with Crippen LogP contribution in [0, 0.1) is 11.8 Å². The molecule has 2 rings (SSSR count). The van der Waals surface area contributed by atoms with Crippen LogP contribution in [0.2, 0.25) is 0 Å². The summed E-state index contributed by atoms with van der Waals surface area (Å²) in [5.74, 6) is 0.901. The number of hydrogen-bond donors (Lipinski definition) is 1. The summed E-state index contributed by atoms with van der Waals surface area (Å²) in [7, 11) is -3.31. The molecule has 21 heavy (non-hydrogen) atoms. The van der Waals surface area contributed by atoms with Gasteiger partial charge in [-0.1, -0.05) is 20.3 Å². The van der Waals surface area contributed by atoms with E-state index in [1.165, 1.54) is 0 Å². The van der Waals surface area contributed by atoms with Crippen molar-refractivity contribution in [2.24, 2.45) is 17.6 Å². The summed E-state index contributed by atoms with van der Waals surface area (Å²) in [6.07, 6.45) is 4.94. The minimum Gasteiger partial charge on any atom is -0.330 e. The van der Waals surface area contributed by atoms with Crippen molar-refractivity contribution in [3.05, 3.63) is 0 Å². The molecule has 0 aliphatic carbocycles. The van der Waals surface area contributed by atoms with Crippen molar-refractivity contribution in [1.82, 2.24) is 8.61 Å². The van der Waals surface area contributed by atoms with Gasteiger partial charge >= 0.3 is 0 Å². The van der Waals surface area contributed by atoms with Gasteiger partial charge in [0.1, 0.15) is 0 Å². The second kappa shape index (κ2) is 8.11. The molecule has 2 N–H and O–H groups in total. The van der Waals surface area contributed by atoms with Crippen molar-refractivity contribution in [2.75, 3.05) is 26.2 Å². The zero-order chi connectivity index (χ0) is 14.8. The molecule has 0 aromatic rings. The Morgan fingerprint density at radius 3 is 2.33 bits per heavy atom. The molecule has 0 aromatic heterocycles. The summed E-state index contributed by atoms with van der Waals surface area (Å²) in [5.41, 5.74) is 5.65. The molecule has 2 heterocycles. The molecular formula is C14H30ClN3O2S. The van der Waals surface area contributed by atoms with Crippen LogP contribution in [0.4, 0.5) is 0 Å². The van der Waals surface area contributed by atoms with Crippen molar-refractivity contribution in [1.29, 1.82) is 0 Å². The molecule has 2 aliphatic heterocycles. The Morgan fingerprint density at radius 1 is 1.14 bits per heavy atom. The van der Waals surface area contributed by atoms with Crippen molar-refractivity contribution in [2.45, 2.75) is 52.0 Å². The number of rotatable bonds is 4. The standard InChI is InChI=1S/C14H29N3O2S.ClH/c1-12-9-13(2)11-16(10-12)20(18,19)17-8-4-3-5-14(17)6-7-15;/h12-14H,3-11,15H2,1-2H3;1H. The summed E-state index contributed by atoms with van der Waals surface area (Å²) >= 11 is 0. The molecule has 0 radical (unpaired) electrons. The molecule has 0 aromatic carbocycles. The third-order valence-electron chi connectivity index (χ3n) is 4.53. The van der Waals surface area contributed by atoms with Gasteiger partial charge in [0, 0.05) is 25.7 Å². The average Bonchev–Trinajstić information content (AvgIpc) is 2.38. The highest BCUT2D eigenvalue weighted by molar-refractivity contribution is 7.86. The van der Waals surface area contributed by atoms with Gasteiger partial charge in [0.25, 0.3) is 10.2 Å². The molecule has 0 amide bonds. The monoisotopic (exact) mass is 339 g/mol. The maximum atomic E-state index is 12.9. The predicted octanol–water partition coefficient (Wildman–Crippen LogP) is 1.83. The number of nitrogens with zero attached hydrogens (tertiary/aromatic N) is 2. The second-order valence-corrected chi connectivity index (χ2v) is 8.49. The topological polar surface area (TPSA) is 66.6 Å². The smallest absolute Gasteiger partial charge is 0.282 e. The van der Waals surface area contributed by atoms with Gasteiger partial charge in [0.15, 0.2) is 0 Å². The molecule has 2 fully saturated rings. The van der Waals surface area contributed by atoms with Crippen molar-refractivity contribution < 1.29 is 8.42 Å². The normalized spacial score (nSPS) is 32.6. The zero-order valence-electron chi connectivity index (χ0n) is 13.2. The molecule has 2 saturated heterocycles. The lowest BCUT2D eigenvalue weighted by atomic mass is 9.94. The third kappa shape index (κ3) is 4.55. The molecule has 2 aliphatic rings. The van der Waals surface area contributed by atoms with E-state index in [0.29, 0.717) is 38.0 Å². The Bertz CT molecular complexity index is 406. The first-order valence-electron chi connectivity index (χ1n) is 7.92. The Morgan fingerprint density at radius 2 is 1.76 bits per heavy atom. The van der Waals surface area contributed by atoms with Gasteiger partial charge in [-0.25, -0.2) is 0 Å². The Labute approximate surface area is 135 Å². The summed E-state index contributed by atoms with van der Waals surface area (Å²) in [6, 6.07) is 0.103. The summed E-state index contributed by atoms with van der Waals surface area (Å²) < 4.78 is 29.3. The Kier molecular flexibility index (Phi) is 7.40. The quantitative estimate of drug-likeness (QED) is 0.849. The average molecular weight is 340 g/mol. The van der Waals surface area contributed by atoms with E-state index in [0.717, 1.165) is 32.1 Å². The minimum atomic E-state index is -3.31. The maximum Gasteiger partial charge on any atom is 0.282 e. The van der Waals surface area contributed by atoms with Gasteiger partial charge < -0.3 is 5.73 Å². The highest BCUT2D eigenvalue weighted by atomic mass is 35.5. The highest BCUT2D eigenvalue weighted by Crippen LogP contribution is 2.29. The van der Waals surface area contributed by atoms with E-state index in [9.17, 15) is 8.42 Å². The molecule has 126 valence electrons. The second-order valence-electron chi connectivity index (χ2n) is 6.61. The van der Waals surface area contributed by atoms with Gasteiger partial charge in [-0.2, -0.15) is 17.0 Å². The third-order valence-corrected chi connectivity index (χ3v) is 6.56. The van der Waals surface area contributed by atoms with E-state index in [2.05, 4.69) is 13.8 Å².